The van der Waals surface area contributed by atoms with E-state index in [4.69, 9.17) is 0 Å². The smallest absolute Gasteiger partial charge is 0.255 e. The van der Waals surface area contributed by atoms with Gasteiger partial charge in [0, 0.05) is 13.1 Å². The number of hydrogen-bond acceptors (Lipinski definition) is 5. The largest absolute Gasteiger partial charge is 0.507 e. The highest BCUT2D eigenvalue weighted by Gasteiger charge is 2.14. The summed E-state index contributed by atoms with van der Waals surface area (Å²) in [5, 5.41) is 13.7. The van der Waals surface area contributed by atoms with Crippen LogP contribution in [-0.2, 0) is 10.0 Å². The number of carbonyl (C=O) groups is 1. The third-order valence-electron chi connectivity index (χ3n) is 2.61. The van der Waals surface area contributed by atoms with Crippen LogP contribution in [0.3, 0.4) is 0 Å². The zero-order chi connectivity index (χ0) is 15.3. The van der Waals surface area contributed by atoms with Gasteiger partial charge in [-0.15, -0.1) is 11.3 Å². The number of carbonyl (C=O) groups excluding carboxylic acids is 1. The molecule has 0 bridgehead atoms. The number of rotatable bonds is 6. The van der Waals surface area contributed by atoms with E-state index in [1.165, 1.54) is 18.2 Å². The zero-order valence-electron chi connectivity index (χ0n) is 10.9. The normalized spacial score (nSPS) is 11.2. The monoisotopic (exact) mass is 326 g/mol. The van der Waals surface area contributed by atoms with Crippen LogP contribution in [-0.4, -0.2) is 32.5 Å². The van der Waals surface area contributed by atoms with Gasteiger partial charge in [-0.1, -0.05) is 18.2 Å². The van der Waals surface area contributed by atoms with E-state index in [-0.39, 0.29) is 28.6 Å². The average molecular weight is 326 g/mol. The lowest BCUT2D eigenvalue weighted by Crippen LogP contribution is -2.34. The van der Waals surface area contributed by atoms with Crippen LogP contribution in [0.2, 0.25) is 0 Å². The fraction of sp³-hybridized carbons (Fsp3) is 0.154. The van der Waals surface area contributed by atoms with E-state index in [0.29, 0.717) is 0 Å². The molecular formula is C13H14N2O4S2. The van der Waals surface area contributed by atoms with E-state index >= 15 is 0 Å². The minimum atomic E-state index is -3.52. The number of aromatic hydroxyl groups is 1. The molecule has 112 valence electrons. The Labute approximate surface area is 126 Å². The molecule has 3 N–H and O–H groups in total. The number of phenols is 1. The van der Waals surface area contributed by atoms with Crippen LogP contribution in [0, 0.1) is 0 Å². The third-order valence-corrected chi connectivity index (χ3v) is 5.47. The van der Waals surface area contributed by atoms with Crippen molar-refractivity contribution in [2.45, 2.75) is 4.21 Å². The minimum absolute atomic E-state index is 0.0690. The first-order valence-corrected chi connectivity index (χ1v) is 8.46. The number of sulfonamides is 1. The average Bonchev–Trinajstić information content (AvgIpc) is 2.99. The van der Waals surface area contributed by atoms with Crippen LogP contribution < -0.4 is 10.0 Å². The second-order valence-corrected chi connectivity index (χ2v) is 7.04. The van der Waals surface area contributed by atoms with Crippen molar-refractivity contribution >= 4 is 27.3 Å². The molecule has 0 fully saturated rings. The third kappa shape index (κ3) is 4.03. The molecule has 1 aromatic heterocycles. The molecule has 8 heteroatoms. The van der Waals surface area contributed by atoms with Gasteiger partial charge in [0.25, 0.3) is 5.91 Å². The van der Waals surface area contributed by atoms with Crippen molar-refractivity contribution in [3.8, 4) is 5.75 Å². The van der Waals surface area contributed by atoms with Crippen molar-refractivity contribution < 1.29 is 18.3 Å². The van der Waals surface area contributed by atoms with Gasteiger partial charge in [-0.3, -0.25) is 4.79 Å². The summed E-state index contributed by atoms with van der Waals surface area (Å²) in [6.07, 6.45) is 0. The number of hydrogen-bond donors (Lipinski definition) is 3. The van der Waals surface area contributed by atoms with Gasteiger partial charge in [0.2, 0.25) is 10.0 Å². The molecule has 0 unspecified atom stereocenters. The summed E-state index contributed by atoms with van der Waals surface area (Å²) in [6.45, 7) is 0.192. The molecule has 21 heavy (non-hydrogen) atoms. The zero-order valence-corrected chi connectivity index (χ0v) is 12.6. The molecule has 1 aromatic carbocycles. The lowest BCUT2D eigenvalue weighted by Gasteiger charge is -2.07. The van der Waals surface area contributed by atoms with E-state index in [0.717, 1.165) is 11.3 Å². The predicted octanol–water partition coefficient (Wildman–Crippen LogP) is 1.16. The number of benzene rings is 1. The summed E-state index contributed by atoms with van der Waals surface area (Å²) in [5.41, 5.74) is 0.151. The highest BCUT2D eigenvalue weighted by atomic mass is 32.2. The molecule has 0 saturated carbocycles. The second-order valence-electron chi connectivity index (χ2n) is 4.10. The van der Waals surface area contributed by atoms with Gasteiger partial charge in [-0.25, -0.2) is 13.1 Å². The van der Waals surface area contributed by atoms with Gasteiger partial charge in [0.1, 0.15) is 9.96 Å². The molecule has 1 amide bonds. The van der Waals surface area contributed by atoms with Gasteiger partial charge < -0.3 is 10.4 Å². The first-order valence-electron chi connectivity index (χ1n) is 6.10. The van der Waals surface area contributed by atoms with E-state index in [1.54, 1.807) is 23.6 Å². The first kappa shape index (κ1) is 15.5. The maximum absolute atomic E-state index is 11.8. The molecule has 2 rings (SSSR count). The molecule has 0 radical (unpaired) electrons. The number of nitrogens with one attached hydrogen (secondary N) is 2. The van der Waals surface area contributed by atoms with Gasteiger partial charge in [-0.05, 0) is 23.6 Å². The molecule has 0 saturated heterocycles. The van der Waals surface area contributed by atoms with Gasteiger partial charge in [0.15, 0.2) is 0 Å². The second kappa shape index (κ2) is 6.70. The summed E-state index contributed by atoms with van der Waals surface area (Å²) in [5.74, 6) is -0.572. The SMILES string of the molecule is O=C(NCCNS(=O)(=O)c1cccs1)c1ccccc1O. The van der Waals surface area contributed by atoms with Crippen LogP contribution in [0.5, 0.6) is 5.75 Å². The number of thiophene rings is 1. The Hall–Kier alpha value is -1.90. The van der Waals surface area contributed by atoms with Crippen LogP contribution in [0.15, 0.2) is 46.0 Å². The lowest BCUT2D eigenvalue weighted by atomic mass is 10.2. The summed E-state index contributed by atoms with van der Waals surface area (Å²) in [6, 6.07) is 9.30. The maximum Gasteiger partial charge on any atom is 0.255 e. The van der Waals surface area contributed by atoms with Gasteiger partial charge >= 0.3 is 0 Å². The van der Waals surface area contributed by atoms with E-state index in [1.807, 2.05) is 0 Å². The van der Waals surface area contributed by atoms with Crippen LogP contribution in [0.4, 0.5) is 0 Å². The predicted molar refractivity (Wildman–Crippen MR) is 79.9 cm³/mol. The minimum Gasteiger partial charge on any atom is -0.507 e. The Morgan fingerprint density at radius 1 is 1.14 bits per heavy atom. The summed E-state index contributed by atoms with van der Waals surface area (Å²) < 4.78 is 26.2. The lowest BCUT2D eigenvalue weighted by molar-refractivity contribution is 0.0951. The Morgan fingerprint density at radius 2 is 1.90 bits per heavy atom. The molecule has 0 atom stereocenters. The first-order chi connectivity index (χ1) is 10.0. The van der Waals surface area contributed by atoms with Gasteiger partial charge in [-0.2, -0.15) is 0 Å². The molecule has 0 spiro atoms. The molecule has 2 aromatic rings. The van der Waals surface area contributed by atoms with Crippen LogP contribution >= 0.6 is 11.3 Å². The molecule has 0 aliphatic heterocycles. The van der Waals surface area contributed by atoms with E-state index < -0.39 is 15.9 Å². The molecule has 1 heterocycles. The number of amides is 1. The van der Waals surface area contributed by atoms with Gasteiger partial charge in [0.05, 0.1) is 5.56 Å². The number of phenolic OH excluding ortho intramolecular Hbond substituents is 1. The Bertz CT molecular complexity index is 712. The van der Waals surface area contributed by atoms with Crippen LogP contribution in [0.1, 0.15) is 10.4 Å². The van der Waals surface area contributed by atoms with Crippen molar-refractivity contribution in [3.05, 3.63) is 47.3 Å². The van der Waals surface area contributed by atoms with Crippen molar-refractivity contribution in [3.63, 3.8) is 0 Å². The highest BCUT2D eigenvalue weighted by molar-refractivity contribution is 7.91. The Balaban J connectivity index is 1.83. The van der Waals surface area contributed by atoms with E-state index in [9.17, 15) is 18.3 Å². The fourth-order valence-electron chi connectivity index (χ4n) is 1.61. The summed E-state index contributed by atoms with van der Waals surface area (Å²) in [7, 11) is -3.52. The summed E-state index contributed by atoms with van der Waals surface area (Å²) in [4.78, 5) is 11.8. The van der Waals surface area contributed by atoms with Crippen molar-refractivity contribution in [2.24, 2.45) is 0 Å². The van der Waals surface area contributed by atoms with Crippen LogP contribution in [0.25, 0.3) is 0 Å². The van der Waals surface area contributed by atoms with Crippen molar-refractivity contribution in [1.82, 2.24) is 10.0 Å². The van der Waals surface area contributed by atoms with E-state index in [2.05, 4.69) is 10.0 Å². The molecule has 6 nitrogen and oxygen atoms in total. The highest BCUT2D eigenvalue weighted by Crippen LogP contribution is 2.15. The molecule has 0 aliphatic rings. The standard InChI is InChI=1S/C13H14N2O4S2/c16-11-5-2-1-4-10(11)13(17)14-7-8-15-21(18,19)12-6-3-9-20-12/h1-6,9,15-16H,7-8H2,(H,14,17). The summed E-state index contributed by atoms with van der Waals surface area (Å²) >= 11 is 1.12. The topological polar surface area (TPSA) is 95.5 Å². The number of para-hydroxylation sites is 1. The Morgan fingerprint density at radius 3 is 2.57 bits per heavy atom. The Kier molecular flexibility index (Phi) is 4.94. The van der Waals surface area contributed by atoms with Crippen molar-refractivity contribution in [1.29, 1.82) is 0 Å². The fourth-order valence-corrected chi connectivity index (χ4v) is 3.68. The molecular weight excluding hydrogens is 312 g/mol. The van der Waals surface area contributed by atoms with Crippen molar-refractivity contribution in [2.75, 3.05) is 13.1 Å². The quantitative estimate of drug-likeness (QED) is 0.694. The maximum atomic E-state index is 11.8. The molecule has 0 aliphatic carbocycles.